The number of para-hydroxylation sites is 2. The van der Waals surface area contributed by atoms with E-state index < -0.39 is 0 Å². The first kappa shape index (κ1) is 18.7. The Hall–Kier alpha value is -3.13. The summed E-state index contributed by atoms with van der Waals surface area (Å²) in [5.41, 5.74) is 1.99. The number of fused-ring (bicyclic) bond motifs is 1. The molecule has 1 heterocycles. The number of nitrogens with zero attached hydrogens (tertiary/aromatic N) is 1. The molecule has 2 aromatic carbocycles. The first-order chi connectivity index (χ1) is 13.1. The first-order valence-electron chi connectivity index (χ1n) is 8.59. The normalized spacial score (nSPS) is 10.4. The third-order valence-corrected chi connectivity index (χ3v) is 4.58. The summed E-state index contributed by atoms with van der Waals surface area (Å²) in [5, 5.41) is 8.88. The van der Waals surface area contributed by atoms with E-state index in [1.54, 1.807) is 31.2 Å². The first-order valence-corrected chi connectivity index (χ1v) is 9.41. The number of hydrogen-bond donors (Lipinski definition) is 3. The van der Waals surface area contributed by atoms with Gasteiger partial charge in [0, 0.05) is 12.1 Å². The Kier molecular flexibility index (Phi) is 5.87. The Morgan fingerprint density at radius 2 is 1.89 bits per heavy atom. The van der Waals surface area contributed by atoms with Crippen molar-refractivity contribution in [1.82, 2.24) is 4.98 Å². The molecule has 0 fully saturated rings. The molecule has 0 atom stereocenters. The van der Waals surface area contributed by atoms with Crippen molar-refractivity contribution in [2.45, 2.75) is 20.3 Å². The van der Waals surface area contributed by atoms with Crippen LogP contribution in [-0.4, -0.2) is 23.5 Å². The average molecular weight is 384 g/mol. The van der Waals surface area contributed by atoms with Crippen LogP contribution in [0.2, 0.25) is 0 Å². The summed E-state index contributed by atoms with van der Waals surface area (Å²) in [4.78, 5) is 28.2. The standard InChI is InChI=1S/C19H20N4O3S/c1-3-17(24)23-19-22-14-10-9-12(11-16(14)27-19)20-18(25)21-13-7-5-6-8-15(13)26-4-2/h5-11H,3-4H2,1-2H3,(H2,20,21,25)(H,22,23,24). The van der Waals surface area contributed by atoms with E-state index in [-0.39, 0.29) is 11.9 Å². The molecule has 1 aromatic heterocycles. The molecule has 0 radical (unpaired) electrons. The van der Waals surface area contributed by atoms with E-state index in [0.717, 1.165) is 10.2 Å². The van der Waals surface area contributed by atoms with Gasteiger partial charge in [-0.05, 0) is 37.3 Å². The molecule has 0 saturated heterocycles. The van der Waals surface area contributed by atoms with Crippen LogP contribution in [0.25, 0.3) is 10.2 Å². The molecule has 3 N–H and O–H groups in total. The summed E-state index contributed by atoms with van der Waals surface area (Å²) >= 11 is 1.36. The second-order valence-electron chi connectivity index (χ2n) is 5.61. The number of hydrogen-bond acceptors (Lipinski definition) is 5. The molecule has 0 aliphatic carbocycles. The van der Waals surface area contributed by atoms with Crippen LogP contribution in [0.15, 0.2) is 42.5 Å². The Morgan fingerprint density at radius 3 is 2.67 bits per heavy atom. The van der Waals surface area contributed by atoms with Gasteiger partial charge in [-0.1, -0.05) is 30.4 Å². The zero-order valence-electron chi connectivity index (χ0n) is 15.0. The lowest BCUT2D eigenvalue weighted by atomic mass is 10.3. The van der Waals surface area contributed by atoms with Crippen molar-refractivity contribution in [2.75, 3.05) is 22.6 Å². The number of nitrogens with one attached hydrogen (secondary N) is 3. The van der Waals surface area contributed by atoms with Gasteiger partial charge in [-0.3, -0.25) is 4.79 Å². The molecule has 7 nitrogen and oxygen atoms in total. The van der Waals surface area contributed by atoms with E-state index in [0.29, 0.717) is 35.3 Å². The Labute approximate surface area is 160 Å². The van der Waals surface area contributed by atoms with Crippen molar-refractivity contribution in [3.8, 4) is 5.75 Å². The van der Waals surface area contributed by atoms with E-state index in [1.165, 1.54) is 11.3 Å². The minimum Gasteiger partial charge on any atom is -0.492 e. The summed E-state index contributed by atoms with van der Waals surface area (Å²) in [6, 6.07) is 12.3. The summed E-state index contributed by atoms with van der Waals surface area (Å²) in [6.07, 6.45) is 0.395. The summed E-state index contributed by atoms with van der Waals surface area (Å²) < 4.78 is 6.38. The lowest BCUT2D eigenvalue weighted by molar-refractivity contribution is -0.115. The molecule has 0 unspecified atom stereocenters. The van der Waals surface area contributed by atoms with Crippen molar-refractivity contribution < 1.29 is 14.3 Å². The number of benzene rings is 2. The van der Waals surface area contributed by atoms with Gasteiger partial charge in [0.15, 0.2) is 5.13 Å². The summed E-state index contributed by atoms with van der Waals surface area (Å²) in [6.45, 7) is 4.19. The van der Waals surface area contributed by atoms with Crippen molar-refractivity contribution in [1.29, 1.82) is 0 Å². The fourth-order valence-electron chi connectivity index (χ4n) is 2.40. The SMILES string of the molecule is CCOc1ccccc1NC(=O)Nc1ccc2nc(NC(=O)CC)sc2c1. The van der Waals surface area contributed by atoms with Gasteiger partial charge in [-0.25, -0.2) is 9.78 Å². The van der Waals surface area contributed by atoms with Crippen LogP contribution in [0.5, 0.6) is 5.75 Å². The molecule has 3 rings (SSSR count). The van der Waals surface area contributed by atoms with Crippen LogP contribution in [0.1, 0.15) is 20.3 Å². The molecule has 8 heteroatoms. The van der Waals surface area contributed by atoms with Gasteiger partial charge >= 0.3 is 6.03 Å². The largest absolute Gasteiger partial charge is 0.492 e. The highest BCUT2D eigenvalue weighted by molar-refractivity contribution is 7.22. The van der Waals surface area contributed by atoms with Gasteiger partial charge in [0.1, 0.15) is 5.75 Å². The monoisotopic (exact) mass is 384 g/mol. The third kappa shape index (κ3) is 4.73. The van der Waals surface area contributed by atoms with Crippen LogP contribution in [-0.2, 0) is 4.79 Å². The van der Waals surface area contributed by atoms with E-state index in [2.05, 4.69) is 20.9 Å². The molecule has 140 valence electrons. The smallest absolute Gasteiger partial charge is 0.323 e. The van der Waals surface area contributed by atoms with Crippen molar-refractivity contribution in [2.24, 2.45) is 0 Å². The third-order valence-electron chi connectivity index (χ3n) is 3.65. The molecule has 3 aromatic rings. The number of urea groups is 1. The van der Waals surface area contributed by atoms with Gasteiger partial charge < -0.3 is 20.7 Å². The number of thiazole rings is 1. The maximum Gasteiger partial charge on any atom is 0.323 e. The van der Waals surface area contributed by atoms with E-state index in [4.69, 9.17) is 4.74 Å². The molecule has 0 bridgehead atoms. The van der Waals surface area contributed by atoms with E-state index >= 15 is 0 Å². The van der Waals surface area contributed by atoms with Crippen molar-refractivity contribution in [3.63, 3.8) is 0 Å². The Bertz CT molecular complexity index is 970. The Morgan fingerprint density at radius 1 is 1.07 bits per heavy atom. The van der Waals surface area contributed by atoms with Gasteiger partial charge in [-0.2, -0.15) is 0 Å². The predicted molar refractivity (Wildman–Crippen MR) is 109 cm³/mol. The molecule has 3 amide bonds. The summed E-state index contributed by atoms with van der Waals surface area (Å²) in [5.74, 6) is 0.532. The maximum atomic E-state index is 12.3. The number of rotatable bonds is 6. The highest BCUT2D eigenvalue weighted by atomic mass is 32.1. The Balaban J connectivity index is 1.70. The van der Waals surface area contributed by atoms with Crippen LogP contribution < -0.4 is 20.7 Å². The predicted octanol–water partition coefficient (Wildman–Crippen LogP) is 4.69. The van der Waals surface area contributed by atoms with Crippen LogP contribution >= 0.6 is 11.3 Å². The summed E-state index contributed by atoms with van der Waals surface area (Å²) in [7, 11) is 0. The molecule has 0 spiro atoms. The van der Waals surface area contributed by atoms with Gasteiger partial charge in [-0.15, -0.1) is 0 Å². The number of carbonyl (C=O) groups is 2. The van der Waals surface area contributed by atoms with Crippen molar-refractivity contribution in [3.05, 3.63) is 42.5 Å². The molecule has 27 heavy (non-hydrogen) atoms. The minimum atomic E-state index is -0.370. The average Bonchev–Trinajstić information content (AvgIpc) is 3.04. The number of ether oxygens (including phenoxy) is 1. The fraction of sp³-hybridized carbons (Fsp3) is 0.211. The molecule has 0 saturated carbocycles. The highest BCUT2D eigenvalue weighted by Crippen LogP contribution is 2.29. The number of carbonyl (C=O) groups excluding carboxylic acids is 2. The second kappa shape index (κ2) is 8.50. The zero-order valence-corrected chi connectivity index (χ0v) is 15.9. The minimum absolute atomic E-state index is 0.0836. The van der Waals surface area contributed by atoms with E-state index in [1.807, 2.05) is 25.1 Å². The zero-order chi connectivity index (χ0) is 19.2. The van der Waals surface area contributed by atoms with E-state index in [9.17, 15) is 9.59 Å². The molecule has 0 aliphatic rings. The molecular formula is C19H20N4O3S. The lowest BCUT2D eigenvalue weighted by Gasteiger charge is -2.12. The fourth-order valence-corrected chi connectivity index (χ4v) is 3.32. The highest BCUT2D eigenvalue weighted by Gasteiger charge is 2.10. The van der Waals surface area contributed by atoms with Crippen LogP contribution in [0.3, 0.4) is 0 Å². The van der Waals surface area contributed by atoms with Gasteiger partial charge in [0.05, 0.1) is 22.5 Å². The number of aromatic nitrogens is 1. The van der Waals surface area contributed by atoms with Crippen molar-refractivity contribution >= 4 is 50.0 Å². The second-order valence-corrected chi connectivity index (χ2v) is 6.64. The quantitative estimate of drug-likeness (QED) is 0.575. The number of amides is 3. The van der Waals surface area contributed by atoms with Gasteiger partial charge in [0.25, 0.3) is 0 Å². The lowest BCUT2D eigenvalue weighted by Crippen LogP contribution is -2.19. The molecular weight excluding hydrogens is 364 g/mol. The maximum absolute atomic E-state index is 12.3. The van der Waals surface area contributed by atoms with Gasteiger partial charge in [0.2, 0.25) is 5.91 Å². The van der Waals surface area contributed by atoms with Crippen LogP contribution in [0, 0.1) is 0 Å². The molecule has 0 aliphatic heterocycles. The topological polar surface area (TPSA) is 92.3 Å². The number of anilines is 3. The van der Waals surface area contributed by atoms with Crippen LogP contribution in [0.4, 0.5) is 21.3 Å².